The van der Waals surface area contributed by atoms with Gasteiger partial charge in [-0.15, -0.1) is 0 Å². The average Bonchev–Trinajstić information content (AvgIpc) is 3.53. The molecule has 6 heteroatoms. The van der Waals surface area contributed by atoms with Crippen LogP contribution in [0.4, 0.5) is 11.4 Å². The van der Waals surface area contributed by atoms with E-state index in [0.29, 0.717) is 11.5 Å². The maximum atomic E-state index is 13.2. The number of amides is 1. The van der Waals surface area contributed by atoms with Crippen LogP contribution in [0.1, 0.15) is 74.0 Å². The van der Waals surface area contributed by atoms with Gasteiger partial charge in [-0.2, -0.15) is 5.10 Å². The molecule has 2 fully saturated rings. The topological polar surface area (TPSA) is 63.1 Å². The number of pyridine rings is 1. The fourth-order valence-corrected chi connectivity index (χ4v) is 4.30. The Bertz CT molecular complexity index is 1060. The van der Waals surface area contributed by atoms with Gasteiger partial charge in [0.15, 0.2) is 5.65 Å². The zero-order chi connectivity index (χ0) is 20.7. The third kappa shape index (κ3) is 3.66. The lowest BCUT2D eigenvalue weighted by atomic mass is 10.1. The maximum absolute atomic E-state index is 13.2. The van der Waals surface area contributed by atoms with Crippen LogP contribution in [0.25, 0.3) is 11.0 Å². The number of carbonyl (C=O) groups is 1. The van der Waals surface area contributed by atoms with Crippen LogP contribution in [0.2, 0.25) is 0 Å². The molecule has 3 heterocycles. The van der Waals surface area contributed by atoms with Crippen LogP contribution in [-0.4, -0.2) is 33.8 Å². The number of aromatic nitrogens is 3. The van der Waals surface area contributed by atoms with Gasteiger partial charge in [-0.25, -0.2) is 9.67 Å². The van der Waals surface area contributed by atoms with Gasteiger partial charge in [-0.3, -0.25) is 4.79 Å². The SMILES string of the molecule is CC(C)n1ncc2c(C(=O)Nc3ccc(N4CCCCC4)cc3)cc(C3CC3)nc21. The molecule has 1 saturated heterocycles. The second-order valence-corrected chi connectivity index (χ2v) is 8.84. The van der Waals surface area contributed by atoms with E-state index in [-0.39, 0.29) is 11.9 Å². The minimum absolute atomic E-state index is 0.0988. The first-order chi connectivity index (χ1) is 14.6. The number of anilines is 2. The van der Waals surface area contributed by atoms with Gasteiger partial charge in [0.05, 0.1) is 17.1 Å². The molecule has 1 aliphatic carbocycles. The van der Waals surface area contributed by atoms with Crippen LogP contribution in [0.15, 0.2) is 36.5 Å². The fraction of sp³-hybridized carbons (Fsp3) is 0.458. The number of hydrogen-bond donors (Lipinski definition) is 1. The van der Waals surface area contributed by atoms with Crippen molar-refractivity contribution in [2.24, 2.45) is 0 Å². The van der Waals surface area contributed by atoms with Gasteiger partial charge < -0.3 is 10.2 Å². The van der Waals surface area contributed by atoms with Crippen LogP contribution < -0.4 is 10.2 Å². The lowest BCUT2D eigenvalue weighted by Crippen LogP contribution is -2.29. The van der Waals surface area contributed by atoms with E-state index in [4.69, 9.17) is 4.98 Å². The molecule has 6 nitrogen and oxygen atoms in total. The molecule has 1 N–H and O–H groups in total. The standard InChI is InChI=1S/C24H29N5O/c1-16(2)29-23-21(15-25-29)20(14-22(27-23)17-6-7-17)24(30)26-18-8-10-19(11-9-18)28-12-4-3-5-13-28/h8-11,14-17H,3-7,12-13H2,1-2H3,(H,26,30). The Morgan fingerprint density at radius 2 is 1.83 bits per heavy atom. The fourth-order valence-electron chi connectivity index (χ4n) is 4.30. The molecule has 0 spiro atoms. The Hall–Kier alpha value is -2.89. The molecule has 1 saturated carbocycles. The molecule has 2 aliphatic rings. The molecule has 3 aromatic rings. The summed E-state index contributed by atoms with van der Waals surface area (Å²) in [5.74, 6) is 0.374. The van der Waals surface area contributed by atoms with Crippen molar-refractivity contribution >= 4 is 28.3 Å². The Morgan fingerprint density at radius 1 is 1.10 bits per heavy atom. The monoisotopic (exact) mass is 403 g/mol. The van der Waals surface area contributed by atoms with Gasteiger partial charge in [0.2, 0.25) is 0 Å². The highest BCUT2D eigenvalue weighted by Crippen LogP contribution is 2.40. The van der Waals surface area contributed by atoms with Gasteiger partial charge in [-0.1, -0.05) is 0 Å². The maximum Gasteiger partial charge on any atom is 0.256 e. The minimum Gasteiger partial charge on any atom is -0.372 e. The van der Waals surface area contributed by atoms with Crippen LogP contribution in [-0.2, 0) is 0 Å². The Balaban J connectivity index is 1.41. The van der Waals surface area contributed by atoms with E-state index in [1.54, 1.807) is 6.20 Å². The Labute approximate surface area is 177 Å². The molecule has 1 aliphatic heterocycles. The molecule has 0 radical (unpaired) electrons. The number of hydrogen-bond acceptors (Lipinski definition) is 4. The van der Waals surface area contributed by atoms with Crippen LogP contribution in [0, 0.1) is 0 Å². The summed E-state index contributed by atoms with van der Waals surface area (Å²) in [6.45, 7) is 6.40. The van der Waals surface area contributed by atoms with Crippen LogP contribution >= 0.6 is 0 Å². The summed E-state index contributed by atoms with van der Waals surface area (Å²) < 4.78 is 1.91. The summed E-state index contributed by atoms with van der Waals surface area (Å²) in [6.07, 6.45) is 7.89. The van der Waals surface area contributed by atoms with Gasteiger partial charge >= 0.3 is 0 Å². The van der Waals surface area contributed by atoms with E-state index in [9.17, 15) is 4.79 Å². The summed E-state index contributed by atoms with van der Waals surface area (Å²) in [6, 6.07) is 10.4. The van der Waals surface area contributed by atoms with Crippen molar-refractivity contribution in [1.29, 1.82) is 0 Å². The van der Waals surface area contributed by atoms with Crippen LogP contribution in [0.5, 0.6) is 0 Å². The summed E-state index contributed by atoms with van der Waals surface area (Å²) in [7, 11) is 0. The van der Waals surface area contributed by atoms with Crippen molar-refractivity contribution in [2.45, 2.75) is 57.9 Å². The number of rotatable bonds is 5. The first-order valence-electron chi connectivity index (χ1n) is 11.1. The van der Waals surface area contributed by atoms with Gasteiger partial charge in [0.25, 0.3) is 5.91 Å². The lowest BCUT2D eigenvalue weighted by molar-refractivity contribution is 0.102. The third-order valence-corrected chi connectivity index (χ3v) is 6.16. The molecule has 1 amide bonds. The number of benzene rings is 1. The predicted octanol–water partition coefficient (Wildman–Crippen LogP) is 5.13. The highest BCUT2D eigenvalue weighted by atomic mass is 16.1. The molecule has 30 heavy (non-hydrogen) atoms. The normalized spacial score (nSPS) is 17.0. The molecule has 0 bridgehead atoms. The van der Waals surface area contributed by atoms with Crippen molar-refractivity contribution in [3.05, 3.63) is 47.8 Å². The Morgan fingerprint density at radius 3 is 2.50 bits per heavy atom. The van der Waals surface area contributed by atoms with Gasteiger partial charge in [0.1, 0.15) is 0 Å². The van der Waals surface area contributed by atoms with E-state index in [1.807, 2.05) is 22.9 Å². The number of fused-ring (bicyclic) bond motifs is 1. The summed E-state index contributed by atoms with van der Waals surface area (Å²) in [4.78, 5) is 20.5. The van der Waals surface area contributed by atoms with Crippen molar-refractivity contribution in [3.63, 3.8) is 0 Å². The van der Waals surface area contributed by atoms with E-state index in [2.05, 4.69) is 41.3 Å². The molecular formula is C24H29N5O. The van der Waals surface area contributed by atoms with Crippen molar-refractivity contribution < 1.29 is 4.79 Å². The van der Waals surface area contributed by atoms with Crippen molar-refractivity contribution in [1.82, 2.24) is 14.8 Å². The van der Waals surface area contributed by atoms with E-state index >= 15 is 0 Å². The molecule has 2 aromatic heterocycles. The first kappa shape index (κ1) is 19.1. The zero-order valence-corrected chi connectivity index (χ0v) is 17.8. The van der Waals surface area contributed by atoms with E-state index in [1.165, 1.54) is 24.9 Å². The molecule has 1 aromatic carbocycles. The predicted molar refractivity (Wildman–Crippen MR) is 120 cm³/mol. The number of carbonyl (C=O) groups excluding carboxylic acids is 1. The lowest BCUT2D eigenvalue weighted by Gasteiger charge is -2.28. The average molecular weight is 404 g/mol. The summed E-state index contributed by atoms with van der Waals surface area (Å²) in [5.41, 5.74) is 4.52. The molecule has 0 unspecified atom stereocenters. The highest BCUT2D eigenvalue weighted by Gasteiger charge is 2.28. The summed E-state index contributed by atoms with van der Waals surface area (Å²) >= 11 is 0. The van der Waals surface area contributed by atoms with Gasteiger partial charge in [0, 0.05) is 42.1 Å². The molecule has 156 valence electrons. The Kier molecular flexibility index (Phi) is 4.93. The molecule has 5 rings (SSSR count). The van der Waals surface area contributed by atoms with Crippen LogP contribution in [0.3, 0.4) is 0 Å². The van der Waals surface area contributed by atoms with Crippen molar-refractivity contribution in [2.75, 3.05) is 23.3 Å². The molecule has 0 atom stereocenters. The smallest absolute Gasteiger partial charge is 0.256 e. The van der Waals surface area contributed by atoms with E-state index in [0.717, 1.165) is 48.3 Å². The van der Waals surface area contributed by atoms with E-state index < -0.39 is 0 Å². The third-order valence-electron chi connectivity index (χ3n) is 6.16. The second kappa shape index (κ2) is 7.74. The number of nitrogens with one attached hydrogen (secondary N) is 1. The summed E-state index contributed by atoms with van der Waals surface area (Å²) in [5, 5.41) is 8.40. The van der Waals surface area contributed by atoms with Crippen molar-refractivity contribution in [3.8, 4) is 0 Å². The number of piperidine rings is 1. The quantitative estimate of drug-likeness (QED) is 0.641. The highest BCUT2D eigenvalue weighted by molar-refractivity contribution is 6.12. The zero-order valence-electron chi connectivity index (χ0n) is 17.8. The number of nitrogens with zero attached hydrogens (tertiary/aromatic N) is 4. The second-order valence-electron chi connectivity index (χ2n) is 8.84. The van der Waals surface area contributed by atoms with Gasteiger partial charge in [-0.05, 0) is 76.3 Å². The first-order valence-corrected chi connectivity index (χ1v) is 11.1. The largest absolute Gasteiger partial charge is 0.372 e. The minimum atomic E-state index is -0.0988. The molecular weight excluding hydrogens is 374 g/mol.